The molecule has 0 aromatic rings. The van der Waals surface area contributed by atoms with Crippen molar-refractivity contribution in [3.63, 3.8) is 0 Å². The van der Waals surface area contributed by atoms with E-state index in [0.29, 0.717) is 0 Å². The van der Waals surface area contributed by atoms with E-state index in [1.165, 1.54) is 0 Å². The fourth-order valence-corrected chi connectivity index (χ4v) is 0.925. The molecule has 60 valence electrons. The van der Waals surface area contributed by atoms with Gasteiger partial charge in [0.15, 0.2) is 0 Å². The molecule has 1 unspecified atom stereocenters. The van der Waals surface area contributed by atoms with Crippen molar-refractivity contribution in [2.24, 2.45) is 0 Å². The molecule has 1 nitrogen and oxygen atoms in total. The molecule has 0 spiro atoms. The molecule has 1 aliphatic heterocycles. The first-order valence-corrected chi connectivity index (χ1v) is 2.91. The van der Waals surface area contributed by atoms with Crippen LogP contribution >= 0.6 is 0 Å². The van der Waals surface area contributed by atoms with Crippen molar-refractivity contribution >= 4 is 0 Å². The van der Waals surface area contributed by atoms with Crippen molar-refractivity contribution in [2.45, 2.75) is 24.8 Å². The molecule has 1 heterocycles. The number of hydrogen-bond acceptors (Lipinski definition) is 1. The minimum absolute atomic E-state index is 0.623. The summed E-state index contributed by atoms with van der Waals surface area (Å²) in [5, 5.41) is 2.05. The lowest BCUT2D eigenvalue weighted by Gasteiger charge is -2.07. The number of alkyl halides is 4. The molecule has 5 heteroatoms. The van der Waals surface area contributed by atoms with Gasteiger partial charge in [-0.25, -0.2) is 17.6 Å². The van der Waals surface area contributed by atoms with Crippen LogP contribution in [0.15, 0.2) is 0 Å². The molecule has 0 bridgehead atoms. The van der Waals surface area contributed by atoms with Gasteiger partial charge in [-0.05, 0) is 0 Å². The minimum Gasteiger partial charge on any atom is -0.303 e. The first-order valence-electron chi connectivity index (χ1n) is 2.91. The normalized spacial score (nSPS) is 31.5. The van der Waals surface area contributed by atoms with Gasteiger partial charge in [0.05, 0.1) is 12.6 Å². The Morgan fingerprint density at radius 3 is 2.20 bits per heavy atom. The summed E-state index contributed by atoms with van der Waals surface area (Å²) in [4.78, 5) is 0. The van der Waals surface area contributed by atoms with Gasteiger partial charge in [-0.3, -0.25) is 0 Å². The third-order valence-corrected chi connectivity index (χ3v) is 1.45. The first-order chi connectivity index (χ1) is 4.51. The molecule has 0 radical (unpaired) electrons. The molecule has 1 atom stereocenters. The van der Waals surface area contributed by atoms with Crippen LogP contribution in [0.1, 0.15) is 6.42 Å². The molecular weight excluding hydrogens is 150 g/mol. The summed E-state index contributed by atoms with van der Waals surface area (Å²) in [6.07, 6.45) is -3.43. The maximum Gasteiger partial charge on any atom is 0.262 e. The molecule has 1 aliphatic rings. The molecule has 0 aliphatic carbocycles. The maximum atomic E-state index is 12.2. The van der Waals surface area contributed by atoms with Crippen LogP contribution in [0, 0.1) is 0 Å². The van der Waals surface area contributed by atoms with E-state index in [1.54, 1.807) is 0 Å². The molecule has 0 aromatic carbocycles. The van der Waals surface area contributed by atoms with E-state index in [0.717, 1.165) is 0 Å². The van der Waals surface area contributed by atoms with Crippen molar-refractivity contribution in [1.29, 1.82) is 0 Å². The van der Waals surface area contributed by atoms with Gasteiger partial charge in [0.25, 0.3) is 12.3 Å². The van der Waals surface area contributed by atoms with Crippen LogP contribution < -0.4 is 5.32 Å². The summed E-state index contributed by atoms with van der Waals surface area (Å²) in [6.45, 7) is -0.623. The van der Waals surface area contributed by atoms with Crippen LogP contribution in [0.2, 0.25) is 0 Å². The average molecular weight is 157 g/mol. The minimum atomic E-state index is -2.94. The molecule has 1 rings (SSSR count). The van der Waals surface area contributed by atoms with E-state index in [9.17, 15) is 17.6 Å². The highest BCUT2D eigenvalue weighted by Gasteiger charge is 2.42. The van der Waals surface area contributed by atoms with Crippen LogP contribution in [0.4, 0.5) is 17.6 Å². The van der Waals surface area contributed by atoms with E-state index in [1.807, 2.05) is 5.32 Å². The van der Waals surface area contributed by atoms with Crippen molar-refractivity contribution in [3.8, 4) is 0 Å². The lowest BCUT2D eigenvalue weighted by Crippen LogP contribution is -2.28. The van der Waals surface area contributed by atoms with Crippen LogP contribution in [0.25, 0.3) is 0 Å². The van der Waals surface area contributed by atoms with Crippen LogP contribution in [0.3, 0.4) is 0 Å². The zero-order valence-corrected chi connectivity index (χ0v) is 5.08. The summed E-state index contributed by atoms with van der Waals surface area (Å²) in [5.74, 6) is -2.94. The Morgan fingerprint density at radius 1 is 1.40 bits per heavy atom. The molecule has 0 saturated carbocycles. The van der Waals surface area contributed by atoms with Gasteiger partial charge in [0, 0.05) is 6.42 Å². The highest BCUT2D eigenvalue weighted by Crippen LogP contribution is 2.27. The van der Waals surface area contributed by atoms with Gasteiger partial charge in [0.1, 0.15) is 0 Å². The standard InChI is InChI=1S/C5H7F4N/c6-4(7)3-1-5(8,9)2-10-3/h3-4,10H,1-2H2. The summed E-state index contributed by atoms with van der Waals surface area (Å²) in [7, 11) is 0. The molecule has 1 N–H and O–H groups in total. The molecule has 0 amide bonds. The van der Waals surface area contributed by atoms with Crippen molar-refractivity contribution in [2.75, 3.05) is 6.54 Å². The van der Waals surface area contributed by atoms with Gasteiger partial charge in [-0.15, -0.1) is 0 Å². The quantitative estimate of drug-likeness (QED) is 0.565. The summed E-state index contributed by atoms with van der Waals surface area (Å²) in [5.41, 5.74) is 0. The van der Waals surface area contributed by atoms with E-state index >= 15 is 0 Å². The Kier molecular flexibility index (Phi) is 1.85. The molecule has 1 fully saturated rings. The van der Waals surface area contributed by atoms with Crippen LogP contribution in [-0.2, 0) is 0 Å². The molecule has 1 saturated heterocycles. The number of halogens is 4. The smallest absolute Gasteiger partial charge is 0.262 e. The largest absolute Gasteiger partial charge is 0.303 e. The maximum absolute atomic E-state index is 12.2. The lowest BCUT2D eigenvalue weighted by molar-refractivity contribution is 0.0111. The highest BCUT2D eigenvalue weighted by molar-refractivity contribution is 4.88. The van der Waals surface area contributed by atoms with Gasteiger partial charge in [-0.2, -0.15) is 0 Å². The summed E-state index contributed by atoms with van der Waals surface area (Å²) < 4.78 is 47.7. The monoisotopic (exact) mass is 157 g/mol. The second-order valence-corrected chi connectivity index (χ2v) is 2.38. The van der Waals surface area contributed by atoms with Gasteiger partial charge in [0.2, 0.25) is 0 Å². The number of hydrogen-bond donors (Lipinski definition) is 1. The van der Waals surface area contributed by atoms with E-state index in [-0.39, 0.29) is 0 Å². The van der Waals surface area contributed by atoms with Crippen molar-refractivity contribution < 1.29 is 17.6 Å². The van der Waals surface area contributed by atoms with Crippen molar-refractivity contribution in [3.05, 3.63) is 0 Å². The molecular formula is C5H7F4N. The summed E-state index contributed by atoms with van der Waals surface area (Å²) in [6, 6.07) is -1.32. The van der Waals surface area contributed by atoms with E-state index < -0.39 is 31.4 Å². The first kappa shape index (κ1) is 7.78. The molecule has 10 heavy (non-hydrogen) atoms. The number of rotatable bonds is 1. The Labute approximate surface area is 55.4 Å². The predicted molar refractivity (Wildman–Crippen MR) is 27.4 cm³/mol. The summed E-state index contributed by atoms with van der Waals surface area (Å²) >= 11 is 0. The Hall–Kier alpha value is -0.320. The zero-order chi connectivity index (χ0) is 7.78. The number of nitrogens with one attached hydrogen (secondary N) is 1. The second-order valence-electron chi connectivity index (χ2n) is 2.38. The fraction of sp³-hybridized carbons (Fsp3) is 1.00. The fourth-order valence-electron chi connectivity index (χ4n) is 0.925. The third-order valence-electron chi connectivity index (χ3n) is 1.45. The van der Waals surface area contributed by atoms with Crippen molar-refractivity contribution in [1.82, 2.24) is 5.32 Å². The zero-order valence-electron chi connectivity index (χ0n) is 5.08. The Bertz CT molecular complexity index is 125. The van der Waals surface area contributed by atoms with E-state index in [4.69, 9.17) is 0 Å². The SMILES string of the molecule is FC(F)C1CC(F)(F)CN1. The average Bonchev–Trinajstić information content (AvgIpc) is 2.10. The third kappa shape index (κ3) is 1.59. The van der Waals surface area contributed by atoms with Crippen LogP contribution in [-0.4, -0.2) is 24.9 Å². The Morgan fingerprint density at radius 2 is 2.00 bits per heavy atom. The predicted octanol–water partition coefficient (Wildman–Crippen LogP) is 1.25. The van der Waals surface area contributed by atoms with Crippen LogP contribution in [0.5, 0.6) is 0 Å². The van der Waals surface area contributed by atoms with E-state index in [2.05, 4.69) is 0 Å². The highest BCUT2D eigenvalue weighted by atomic mass is 19.3. The lowest BCUT2D eigenvalue weighted by atomic mass is 10.2. The Balaban J connectivity index is 2.43. The topological polar surface area (TPSA) is 12.0 Å². The molecule has 0 aromatic heterocycles. The van der Waals surface area contributed by atoms with Gasteiger partial charge < -0.3 is 5.32 Å². The van der Waals surface area contributed by atoms with Gasteiger partial charge >= 0.3 is 0 Å². The van der Waals surface area contributed by atoms with Gasteiger partial charge in [-0.1, -0.05) is 0 Å². The second kappa shape index (κ2) is 2.38.